The molecule has 1 aliphatic rings. The van der Waals surface area contributed by atoms with Crippen molar-refractivity contribution in [2.45, 2.75) is 37.4 Å². The Hall–Kier alpha value is -3.34. The first-order chi connectivity index (χ1) is 14.2. The average molecular weight is 419 g/mol. The highest BCUT2D eigenvalue weighted by Gasteiger charge is 2.36. The number of phenols is 1. The molecule has 0 aliphatic carbocycles. The first-order valence-electron chi connectivity index (χ1n) is 9.61. The molecule has 1 heterocycles. The minimum Gasteiger partial charge on any atom is -0.508 e. The topological polar surface area (TPSA) is 189 Å². The number of rotatable bonds is 9. The summed E-state index contributed by atoms with van der Waals surface area (Å²) in [6.45, 7) is 0.587. The van der Waals surface area contributed by atoms with Gasteiger partial charge in [0.15, 0.2) is 5.96 Å². The van der Waals surface area contributed by atoms with Crippen molar-refractivity contribution in [2.75, 3.05) is 20.1 Å². The maximum atomic E-state index is 12.6. The zero-order valence-electron chi connectivity index (χ0n) is 16.9. The Balaban J connectivity index is 1.92. The molecule has 164 valence electrons. The van der Waals surface area contributed by atoms with Gasteiger partial charge in [-0.3, -0.25) is 24.3 Å². The number of aliphatic imine (C=N–C) groups is 1. The molecule has 9 N–H and O–H groups in total. The molecule has 1 aromatic carbocycles. The molecule has 2 rings (SSSR count). The van der Waals surface area contributed by atoms with E-state index < -0.39 is 29.9 Å². The average Bonchev–Trinajstić information content (AvgIpc) is 2.67. The zero-order valence-corrected chi connectivity index (χ0v) is 16.9. The largest absolute Gasteiger partial charge is 0.508 e. The van der Waals surface area contributed by atoms with Gasteiger partial charge in [0, 0.05) is 13.1 Å². The molecule has 0 spiro atoms. The fourth-order valence-corrected chi connectivity index (χ4v) is 3.24. The summed E-state index contributed by atoms with van der Waals surface area (Å²) in [5.41, 5.74) is 16.8. The number of guanidine groups is 1. The van der Waals surface area contributed by atoms with Gasteiger partial charge in [-0.25, -0.2) is 0 Å². The van der Waals surface area contributed by atoms with Crippen LogP contribution in [0.1, 0.15) is 18.4 Å². The van der Waals surface area contributed by atoms with E-state index in [0.29, 0.717) is 19.4 Å². The third kappa shape index (κ3) is 6.62. The van der Waals surface area contributed by atoms with E-state index in [2.05, 4.69) is 15.6 Å². The molecule has 11 heteroatoms. The maximum absolute atomic E-state index is 12.6. The lowest BCUT2D eigenvalue weighted by Crippen LogP contribution is -2.64. The Kier molecular flexibility index (Phi) is 7.98. The fourth-order valence-electron chi connectivity index (χ4n) is 3.24. The summed E-state index contributed by atoms with van der Waals surface area (Å²) in [4.78, 5) is 42.4. The van der Waals surface area contributed by atoms with Crippen LogP contribution in [-0.2, 0) is 20.8 Å². The van der Waals surface area contributed by atoms with E-state index in [-0.39, 0.29) is 30.6 Å². The standard InChI is InChI=1S/C19H29N7O4/c1-26-10-14(17(29)24-13(16(20)28)3-2-8-23-19(21)22)25-18(30)15(26)9-11-4-6-12(27)7-5-11/h4-7,13-15,27H,2-3,8-10H2,1H3,(H2,20,28)(H,24,29)(H,25,30)(H4,21,22,23)/t13-,14+,15-/m0/s1. The van der Waals surface area contributed by atoms with E-state index in [4.69, 9.17) is 17.2 Å². The second-order valence-electron chi connectivity index (χ2n) is 7.30. The van der Waals surface area contributed by atoms with Crippen molar-refractivity contribution in [3.63, 3.8) is 0 Å². The van der Waals surface area contributed by atoms with E-state index in [1.807, 2.05) is 0 Å². The number of nitrogens with one attached hydrogen (secondary N) is 2. The van der Waals surface area contributed by atoms with E-state index in [1.54, 1.807) is 36.2 Å². The normalized spacial score (nSPS) is 20.1. The minimum atomic E-state index is -0.886. The molecule has 1 saturated heterocycles. The number of nitrogens with zero attached hydrogens (tertiary/aromatic N) is 2. The minimum absolute atomic E-state index is 0.0514. The molecule has 1 aliphatic heterocycles. The molecular formula is C19H29N7O4. The van der Waals surface area contributed by atoms with Gasteiger partial charge in [-0.2, -0.15) is 0 Å². The molecule has 3 amide bonds. The smallest absolute Gasteiger partial charge is 0.244 e. The third-order valence-electron chi connectivity index (χ3n) is 4.91. The second kappa shape index (κ2) is 10.4. The molecule has 30 heavy (non-hydrogen) atoms. The van der Waals surface area contributed by atoms with Crippen LogP contribution in [-0.4, -0.2) is 72.0 Å². The van der Waals surface area contributed by atoms with Crippen LogP contribution >= 0.6 is 0 Å². The Morgan fingerprint density at radius 1 is 1.30 bits per heavy atom. The predicted molar refractivity (Wildman–Crippen MR) is 111 cm³/mol. The highest BCUT2D eigenvalue weighted by Crippen LogP contribution is 2.16. The summed E-state index contributed by atoms with van der Waals surface area (Å²) < 4.78 is 0. The van der Waals surface area contributed by atoms with Crippen LogP contribution in [0.25, 0.3) is 0 Å². The van der Waals surface area contributed by atoms with Crippen molar-refractivity contribution in [1.82, 2.24) is 15.5 Å². The number of carbonyl (C=O) groups is 3. The number of hydrogen-bond donors (Lipinski definition) is 6. The number of phenolic OH excluding ortho intramolecular Hbond substituents is 1. The molecule has 0 aromatic heterocycles. The zero-order chi connectivity index (χ0) is 22.3. The van der Waals surface area contributed by atoms with E-state index in [9.17, 15) is 19.5 Å². The quantitative estimate of drug-likeness (QED) is 0.148. The summed E-state index contributed by atoms with van der Waals surface area (Å²) >= 11 is 0. The SMILES string of the molecule is CN1C[C@H](C(=O)N[C@@H](CCCN=C(N)N)C(N)=O)NC(=O)[C@@H]1Cc1ccc(O)cc1. The summed E-state index contributed by atoms with van der Waals surface area (Å²) in [5, 5.41) is 14.7. The van der Waals surface area contributed by atoms with Gasteiger partial charge in [-0.05, 0) is 44.0 Å². The van der Waals surface area contributed by atoms with Crippen LogP contribution < -0.4 is 27.8 Å². The summed E-state index contributed by atoms with van der Waals surface area (Å²) in [7, 11) is 1.75. The van der Waals surface area contributed by atoms with Gasteiger partial charge in [-0.1, -0.05) is 12.1 Å². The molecule has 3 atom stereocenters. The monoisotopic (exact) mass is 419 g/mol. The highest BCUT2D eigenvalue weighted by molar-refractivity contribution is 5.93. The Labute approximate surface area is 174 Å². The first kappa shape index (κ1) is 22.9. The molecule has 11 nitrogen and oxygen atoms in total. The van der Waals surface area contributed by atoms with Crippen molar-refractivity contribution in [1.29, 1.82) is 0 Å². The third-order valence-corrected chi connectivity index (χ3v) is 4.91. The molecule has 0 bridgehead atoms. The molecule has 0 unspecified atom stereocenters. The highest BCUT2D eigenvalue weighted by atomic mass is 16.3. The van der Waals surface area contributed by atoms with Gasteiger partial charge >= 0.3 is 0 Å². The number of aromatic hydroxyl groups is 1. The van der Waals surface area contributed by atoms with Crippen molar-refractivity contribution in [3.05, 3.63) is 29.8 Å². The van der Waals surface area contributed by atoms with Gasteiger partial charge in [0.25, 0.3) is 0 Å². The molecule has 1 aromatic rings. The maximum Gasteiger partial charge on any atom is 0.244 e. The number of likely N-dealkylation sites (N-methyl/N-ethyl adjacent to an activating group) is 1. The number of nitrogens with two attached hydrogens (primary N) is 3. The molecule has 1 fully saturated rings. The van der Waals surface area contributed by atoms with Gasteiger partial charge < -0.3 is 32.9 Å². The van der Waals surface area contributed by atoms with Crippen LogP contribution in [0.15, 0.2) is 29.3 Å². The van der Waals surface area contributed by atoms with Crippen LogP contribution in [0.5, 0.6) is 5.75 Å². The summed E-state index contributed by atoms with van der Waals surface area (Å²) in [6.07, 6.45) is 1.17. The predicted octanol–water partition coefficient (Wildman–Crippen LogP) is -2.24. The Morgan fingerprint density at radius 3 is 2.53 bits per heavy atom. The Bertz CT molecular complexity index is 793. The van der Waals surface area contributed by atoms with Gasteiger partial charge in [-0.15, -0.1) is 0 Å². The van der Waals surface area contributed by atoms with Crippen molar-refractivity contribution < 1.29 is 19.5 Å². The van der Waals surface area contributed by atoms with Crippen molar-refractivity contribution in [3.8, 4) is 5.75 Å². The number of carbonyl (C=O) groups excluding carboxylic acids is 3. The molecular weight excluding hydrogens is 390 g/mol. The lowest BCUT2D eigenvalue weighted by Gasteiger charge is -2.36. The summed E-state index contributed by atoms with van der Waals surface area (Å²) in [5.74, 6) is -1.35. The van der Waals surface area contributed by atoms with Crippen molar-refractivity contribution >= 4 is 23.7 Å². The van der Waals surface area contributed by atoms with E-state index in [1.165, 1.54) is 0 Å². The van der Waals surface area contributed by atoms with Crippen LogP contribution in [0.3, 0.4) is 0 Å². The lowest BCUT2D eigenvalue weighted by molar-refractivity contribution is -0.137. The van der Waals surface area contributed by atoms with Gasteiger partial charge in [0.2, 0.25) is 17.7 Å². The lowest BCUT2D eigenvalue weighted by atomic mass is 10.00. The number of piperazine rings is 1. The van der Waals surface area contributed by atoms with Crippen molar-refractivity contribution in [2.24, 2.45) is 22.2 Å². The van der Waals surface area contributed by atoms with Crippen LogP contribution in [0.2, 0.25) is 0 Å². The first-order valence-corrected chi connectivity index (χ1v) is 9.61. The van der Waals surface area contributed by atoms with Crippen LogP contribution in [0, 0.1) is 0 Å². The van der Waals surface area contributed by atoms with Gasteiger partial charge in [0.1, 0.15) is 17.8 Å². The van der Waals surface area contributed by atoms with Crippen LogP contribution in [0.4, 0.5) is 0 Å². The number of amides is 3. The second-order valence-corrected chi connectivity index (χ2v) is 7.30. The van der Waals surface area contributed by atoms with Gasteiger partial charge in [0.05, 0.1) is 6.04 Å². The number of benzene rings is 1. The van der Waals surface area contributed by atoms with E-state index in [0.717, 1.165) is 5.56 Å². The fraction of sp³-hybridized carbons (Fsp3) is 0.474. The molecule has 0 radical (unpaired) electrons. The summed E-state index contributed by atoms with van der Waals surface area (Å²) in [6, 6.07) is 4.46. The number of hydrogen-bond acceptors (Lipinski definition) is 6. The molecule has 0 saturated carbocycles. The Morgan fingerprint density at radius 2 is 1.97 bits per heavy atom. The number of primary amides is 1. The van der Waals surface area contributed by atoms with E-state index >= 15 is 0 Å².